The maximum absolute atomic E-state index is 12.4. The Labute approximate surface area is 149 Å². The van der Waals surface area contributed by atoms with E-state index < -0.39 is 10.0 Å². The van der Waals surface area contributed by atoms with Crippen molar-refractivity contribution in [1.82, 2.24) is 9.21 Å². The number of carbonyl (C=O) groups excluding carboxylic acids is 1. The summed E-state index contributed by atoms with van der Waals surface area (Å²) in [5.41, 5.74) is 7.35. The smallest absolute Gasteiger partial charge is 0.223 e. The number of carbonyl (C=O) groups is 1. The predicted molar refractivity (Wildman–Crippen MR) is 95.6 cm³/mol. The average Bonchev–Trinajstić information content (AvgIpc) is 3.08. The summed E-state index contributed by atoms with van der Waals surface area (Å²) in [6.07, 6.45) is 0.884. The Bertz CT molecular complexity index is 668. The van der Waals surface area contributed by atoms with Gasteiger partial charge in [0, 0.05) is 44.6 Å². The quantitative estimate of drug-likeness (QED) is 0.845. The molecule has 2 aliphatic heterocycles. The molecule has 0 unspecified atom stereocenters. The third kappa shape index (κ3) is 4.08. The molecule has 134 valence electrons. The van der Waals surface area contributed by atoms with E-state index in [1.165, 1.54) is 4.31 Å². The SMILES string of the molecule is Cl.N[C@@H]1CN(C(=O)CCN2CCCS2(=O)=O)C[C@H]1c1ccccc1. The zero-order valence-electron chi connectivity index (χ0n) is 13.5. The van der Waals surface area contributed by atoms with Crippen molar-refractivity contribution < 1.29 is 13.2 Å². The Hall–Kier alpha value is -1.15. The molecule has 2 N–H and O–H groups in total. The monoisotopic (exact) mass is 373 g/mol. The van der Waals surface area contributed by atoms with Gasteiger partial charge in [0.15, 0.2) is 0 Å². The Morgan fingerprint density at radius 3 is 2.54 bits per heavy atom. The fraction of sp³-hybridized carbons (Fsp3) is 0.562. The number of likely N-dealkylation sites (tertiary alicyclic amines) is 1. The second kappa shape index (κ2) is 7.82. The van der Waals surface area contributed by atoms with Crippen LogP contribution in [0, 0.1) is 0 Å². The van der Waals surface area contributed by atoms with Crippen molar-refractivity contribution in [3.05, 3.63) is 35.9 Å². The number of amides is 1. The first-order valence-corrected chi connectivity index (χ1v) is 9.64. The number of sulfonamides is 1. The molecule has 1 aromatic carbocycles. The Morgan fingerprint density at radius 1 is 1.21 bits per heavy atom. The summed E-state index contributed by atoms with van der Waals surface area (Å²) < 4.78 is 25.0. The van der Waals surface area contributed by atoms with Crippen molar-refractivity contribution in [2.24, 2.45) is 5.73 Å². The zero-order valence-corrected chi connectivity index (χ0v) is 15.1. The van der Waals surface area contributed by atoms with Crippen molar-refractivity contribution in [3.63, 3.8) is 0 Å². The summed E-state index contributed by atoms with van der Waals surface area (Å²) in [6, 6.07) is 9.92. The fourth-order valence-corrected chi connectivity index (χ4v) is 4.94. The molecule has 3 rings (SSSR count). The van der Waals surface area contributed by atoms with Gasteiger partial charge in [-0.3, -0.25) is 4.79 Å². The van der Waals surface area contributed by atoms with Crippen molar-refractivity contribution in [3.8, 4) is 0 Å². The highest BCUT2D eigenvalue weighted by atomic mass is 35.5. The van der Waals surface area contributed by atoms with Gasteiger partial charge in [-0.15, -0.1) is 12.4 Å². The first kappa shape index (κ1) is 19.2. The van der Waals surface area contributed by atoms with Gasteiger partial charge in [-0.2, -0.15) is 0 Å². The predicted octanol–water partition coefficient (Wildman–Crippen LogP) is 0.787. The van der Waals surface area contributed by atoms with Crippen LogP contribution in [0.5, 0.6) is 0 Å². The first-order valence-electron chi connectivity index (χ1n) is 8.03. The molecule has 2 atom stereocenters. The minimum atomic E-state index is -3.13. The molecule has 6 nitrogen and oxygen atoms in total. The Kier molecular flexibility index (Phi) is 6.25. The zero-order chi connectivity index (χ0) is 16.4. The lowest BCUT2D eigenvalue weighted by atomic mass is 9.95. The van der Waals surface area contributed by atoms with E-state index >= 15 is 0 Å². The van der Waals surface area contributed by atoms with Crippen LogP contribution in [-0.4, -0.2) is 61.5 Å². The summed E-state index contributed by atoms with van der Waals surface area (Å²) in [7, 11) is -3.13. The minimum absolute atomic E-state index is 0. The maximum Gasteiger partial charge on any atom is 0.223 e. The number of nitrogens with two attached hydrogens (primary N) is 1. The van der Waals surface area contributed by atoms with Gasteiger partial charge in [0.1, 0.15) is 0 Å². The van der Waals surface area contributed by atoms with Crippen molar-refractivity contribution >= 4 is 28.3 Å². The molecule has 0 bridgehead atoms. The van der Waals surface area contributed by atoms with Crippen LogP contribution in [0.2, 0.25) is 0 Å². The lowest BCUT2D eigenvalue weighted by molar-refractivity contribution is -0.130. The van der Waals surface area contributed by atoms with Crippen LogP contribution in [-0.2, 0) is 14.8 Å². The van der Waals surface area contributed by atoms with E-state index in [1.807, 2.05) is 30.3 Å². The first-order chi connectivity index (χ1) is 11.0. The van der Waals surface area contributed by atoms with Gasteiger partial charge in [-0.25, -0.2) is 12.7 Å². The number of benzene rings is 1. The van der Waals surface area contributed by atoms with Crippen molar-refractivity contribution in [1.29, 1.82) is 0 Å². The van der Waals surface area contributed by atoms with Crippen LogP contribution in [0.3, 0.4) is 0 Å². The number of hydrogen-bond acceptors (Lipinski definition) is 4. The summed E-state index contributed by atoms with van der Waals surface area (Å²) in [6.45, 7) is 1.95. The summed E-state index contributed by atoms with van der Waals surface area (Å²) in [4.78, 5) is 14.2. The summed E-state index contributed by atoms with van der Waals surface area (Å²) >= 11 is 0. The molecule has 1 aromatic rings. The van der Waals surface area contributed by atoms with E-state index in [4.69, 9.17) is 5.73 Å². The van der Waals surface area contributed by atoms with E-state index in [-0.39, 0.29) is 49.0 Å². The van der Waals surface area contributed by atoms with Gasteiger partial charge in [0.05, 0.1) is 5.75 Å². The topological polar surface area (TPSA) is 83.7 Å². The van der Waals surface area contributed by atoms with Gasteiger partial charge >= 0.3 is 0 Å². The number of rotatable bonds is 4. The van der Waals surface area contributed by atoms with Crippen LogP contribution >= 0.6 is 12.4 Å². The molecule has 2 heterocycles. The molecule has 0 saturated carbocycles. The number of hydrogen-bond donors (Lipinski definition) is 1. The molecule has 2 fully saturated rings. The highest BCUT2D eigenvalue weighted by molar-refractivity contribution is 7.89. The second-order valence-corrected chi connectivity index (χ2v) is 8.39. The molecule has 1 amide bonds. The lowest BCUT2D eigenvalue weighted by Crippen LogP contribution is -2.35. The highest BCUT2D eigenvalue weighted by Crippen LogP contribution is 2.26. The average molecular weight is 374 g/mol. The van der Waals surface area contributed by atoms with Crippen LogP contribution in [0.25, 0.3) is 0 Å². The second-order valence-electron chi connectivity index (χ2n) is 6.30. The van der Waals surface area contributed by atoms with E-state index in [9.17, 15) is 13.2 Å². The molecule has 0 spiro atoms. The van der Waals surface area contributed by atoms with Gasteiger partial charge in [0.2, 0.25) is 15.9 Å². The fourth-order valence-electron chi connectivity index (χ4n) is 3.41. The molecule has 0 radical (unpaired) electrons. The molecule has 2 saturated heterocycles. The van der Waals surface area contributed by atoms with E-state index in [0.717, 1.165) is 5.56 Å². The third-order valence-corrected chi connectivity index (χ3v) is 6.68. The van der Waals surface area contributed by atoms with Crippen molar-refractivity contribution in [2.75, 3.05) is 31.9 Å². The summed E-state index contributed by atoms with van der Waals surface area (Å²) in [5, 5.41) is 0. The standard InChI is InChI=1S/C16H23N3O3S.ClH/c17-15-12-18(11-14(15)13-5-2-1-3-6-13)16(20)7-9-19-8-4-10-23(19,21)22;/h1-3,5-6,14-15H,4,7-12,17H2;1H/t14-,15+;/m0./s1. The molecule has 24 heavy (non-hydrogen) atoms. The molecule has 8 heteroatoms. The van der Waals surface area contributed by atoms with E-state index in [2.05, 4.69) is 0 Å². The van der Waals surface area contributed by atoms with Gasteiger partial charge in [-0.05, 0) is 12.0 Å². The number of halogens is 1. The highest BCUT2D eigenvalue weighted by Gasteiger charge is 2.34. The summed E-state index contributed by atoms with van der Waals surface area (Å²) in [5.74, 6) is 0.336. The van der Waals surface area contributed by atoms with Crippen LogP contribution in [0.4, 0.5) is 0 Å². The minimum Gasteiger partial charge on any atom is -0.340 e. The Morgan fingerprint density at radius 2 is 1.92 bits per heavy atom. The maximum atomic E-state index is 12.4. The van der Waals surface area contributed by atoms with Gasteiger partial charge < -0.3 is 10.6 Å². The Balaban J connectivity index is 0.00000208. The van der Waals surface area contributed by atoms with Crippen molar-refractivity contribution in [2.45, 2.75) is 24.8 Å². The van der Waals surface area contributed by atoms with Crippen LogP contribution in [0.1, 0.15) is 24.3 Å². The normalized spacial score (nSPS) is 26.3. The largest absolute Gasteiger partial charge is 0.340 e. The molecular formula is C16H24ClN3O3S. The number of nitrogens with zero attached hydrogens (tertiary/aromatic N) is 2. The van der Waals surface area contributed by atoms with E-state index in [0.29, 0.717) is 26.1 Å². The molecular weight excluding hydrogens is 350 g/mol. The lowest BCUT2D eigenvalue weighted by Gasteiger charge is -2.19. The van der Waals surface area contributed by atoms with Gasteiger partial charge in [0.25, 0.3) is 0 Å². The van der Waals surface area contributed by atoms with Crippen LogP contribution < -0.4 is 5.73 Å². The van der Waals surface area contributed by atoms with Gasteiger partial charge in [-0.1, -0.05) is 30.3 Å². The molecule has 2 aliphatic rings. The molecule has 0 aromatic heterocycles. The van der Waals surface area contributed by atoms with E-state index in [1.54, 1.807) is 4.90 Å². The molecule has 0 aliphatic carbocycles. The third-order valence-electron chi connectivity index (χ3n) is 4.72. The van der Waals surface area contributed by atoms with Crippen LogP contribution in [0.15, 0.2) is 30.3 Å².